The fourth-order valence-corrected chi connectivity index (χ4v) is 1.85. The van der Waals surface area contributed by atoms with Crippen molar-refractivity contribution in [2.75, 3.05) is 14.2 Å². The molecule has 1 N–H and O–H groups in total. The third kappa shape index (κ3) is 2.04. The lowest BCUT2D eigenvalue weighted by Crippen LogP contribution is -2.01. The molecule has 5 nitrogen and oxygen atoms in total. The van der Waals surface area contributed by atoms with Crippen LogP contribution in [0.15, 0.2) is 24.3 Å². The van der Waals surface area contributed by atoms with Gasteiger partial charge in [0.25, 0.3) is 0 Å². The average molecular weight is 248 g/mol. The number of methoxy groups -OCH3 is 2. The van der Waals surface area contributed by atoms with Crippen molar-refractivity contribution in [1.82, 2.24) is 9.78 Å². The molecule has 0 aliphatic carbocycles. The number of aliphatic hydroxyl groups is 1. The molecule has 18 heavy (non-hydrogen) atoms. The summed E-state index contributed by atoms with van der Waals surface area (Å²) < 4.78 is 12.2. The van der Waals surface area contributed by atoms with E-state index < -0.39 is 0 Å². The fourth-order valence-electron chi connectivity index (χ4n) is 1.85. The lowest BCUT2D eigenvalue weighted by atomic mass is 10.2. The van der Waals surface area contributed by atoms with E-state index in [0.29, 0.717) is 11.4 Å². The number of hydrogen-bond acceptors (Lipinski definition) is 4. The number of hydrogen-bond donors (Lipinski definition) is 1. The summed E-state index contributed by atoms with van der Waals surface area (Å²) in [6, 6.07) is 7.50. The molecule has 0 aliphatic rings. The van der Waals surface area contributed by atoms with Gasteiger partial charge in [0.1, 0.15) is 5.75 Å². The van der Waals surface area contributed by atoms with E-state index in [9.17, 15) is 5.11 Å². The zero-order chi connectivity index (χ0) is 13.1. The van der Waals surface area contributed by atoms with Crippen LogP contribution in [-0.2, 0) is 6.61 Å². The van der Waals surface area contributed by atoms with E-state index in [2.05, 4.69) is 5.10 Å². The van der Waals surface area contributed by atoms with E-state index in [-0.39, 0.29) is 6.61 Å². The fraction of sp³-hybridized carbons (Fsp3) is 0.308. The minimum absolute atomic E-state index is 0.0982. The first kappa shape index (κ1) is 12.4. The molecule has 2 rings (SSSR count). The largest absolute Gasteiger partial charge is 0.497 e. The van der Waals surface area contributed by atoms with Crippen LogP contribution in [-0.4, -0.2) is 29.1 Å². The summed E-state index contributed by atoms with van der Waals surface area (Å²) in [6.45, 7) is 1.74. The Morgan fingerprint density at radius 1 is 1.28 bits per heavy atom. The van der Waals surface area contributed by atoms with Gasteiger partial charge in [-0.2, -0.15) is 5.10 Å². The number of aryl methyl sites for hydroxylation is 1. The Kier molecular flexibility index (Phi) is 3.53. The highest BCUT2D eigenvalue weighted by atomic mass is 16.5. The highest BCUT2D eigenvalue weighted by Gasteiger charge is 2.16. The normalized spacial score (nSPS) is 10.4. The first-order valence-electron chi connectivity index (χ1n) is 5.59. The molecule has 1 aromatic carbocycles. The molecule has 1 aromatic heterocycles. The number of rotatable bonds is 4. The zero-order valence-corrected chi connectivity index (χ0v) is 10.7. The SMILES string of the molecule is COc1cccc(-n2nc(C)c(CO)c2OC)c1. The van der Waals surface area contributed by atoms with Crippen LogP contribution in [0.5, 0.6) is 11.6 Å². The summed E-state index contributed by atoms with van der Waals surface area (Å²) in [6.07, 6.45) is 0. The number of aromatic nitrogens is 2. The lowest BCUT2D eigenvalue weighted by molar-refractivity contribution is 0.271. The molecule has 5 heteroatoms. The molecule has 0 fully saturated rings. The van der Waals surface area contributed by atoms with Crippen molar-refractivity contribution in [3.05, 3.63) is 35.5 Å². The first-order valence-corrected chi connectivity index (χ1v) is 5.59. The van der Waals surface area contributed by atoms with Crippen molar-refractivity contribution in [3.8, 4) is 17.3 Å². The minimum atomic E-state index is -0.0982. The van der Waals surface area contributed by atoms with Gasteiger partial charge in [-0.15, -0.1) is 0 Å². The van der Waals surface area contributed by atoms with Crippen LogP contribution >= 0.6 is 0 Å². The standard InChI is InChI=1S/C13H16N2O3/c1-9-12(8-16)13(18-3)15(14-9)10-5-4-6-11(7-10)17-2/h4-7,16H,8H2,1-3H3. The summed E-state index contributed by atoms with van der Waals surface area (Å²) in [7, 11) is 3.18. The van der Waals surface area contributed by atoms with Gasteiger partial charge in [-0.05, 0) is 19.1 Å². The maximum absolute atomic E-state index is 9.33. The first-order chi connectivity index (χ1) is 8.71. The van der Waals surface area contributed by atoms with Crippen LogP contribution < -0.4 is 9.47 Å². The molecule has 0 amide bonds. The number of ether oxygens (including phenoxy) is 2. The smallest absolute Gasteiger partial charge is 0.222 e. The third-order valence-corrected chi connectivity index (χ3v) is 2.79. The second-order valence-electron chi connectivity index (χ2n) is 3.84. The van der Waals surface area contributed by atoms with Crippen LogP contribution in [0.3, 0.4) is 0 Å². The van der Waals surface area contributed by atoms with Gasteiger partial charge in [-0.3, -0.25) is 0 Å². The predicted octanol–water partition coefficient (Wildman–Crippen LogP) is 1.69. The van der Waals surface area contributed by atoms with Crippen molar-refractivity contribution in [2.24, 2.45) is 0 Å². The maximum Gasteiger partial charge on any atom is 0.222 e. The average Bonchev–Trinajstić information content (AvgIpc) is 2.74. The molecule has 0 radical (unpaired) electrons. The summed E-state index contributed by atoms with van der Waals surface area (Å²) in [5.41, 5.74) is 2.27. The predicted molar refractivity (Wildman–Crippen MR) is 67.3 cm³/mol. The van der Waals surface area contributed by atoms with Gasteiger partial charge in [0.05, 0.1) is 37.8 Å². The molecule has 0 aliphatic heterocycles. The molecule has 0 saturated carbocycles. The van der Waals surface area contributed by atoms with E-state index in [1.807, 2.05) is 31.2 Å². The quantitative estimate of drug-likeness (QED) is 0.894. The summed E-state index contributed by atoms with van der Waals surface area (Å²) in [5.74, 6) is 1.29. The van der Waals surface area contributed by atoms with Gasteiger partial charge in [-0.1, -0.05) is 6.07 Å². The second-order valence-corrected chi connectivity index (χ2v) is 3.84. The van der Waals surface area contributed by atoms with Crippen LogP contribution in [0, 0.1) is 6.92 Å². The van der Waals surface area contributed by atoms with Gasteiger partial charge in [0, 0.05) is 6.07 Å². The summed E-state index contributed by atoms with van der Waals surface area (Å²) in [4.78, 5) is 0. The monoisotopic (exact) mass is 248 g/mol. The van der Waals surface area contributed by atoms with E-state index in [4.69, 9.17) is 9.47 Å². The second kappa shape index (κ2) is 5.10. The van der Waals surface area contributed by atoms with Crippen molar-refractivity contribution < 1.29 is 14.6 Å². The maximum atomic E-state index is 9.33. The lowest BCUT2D eigenvalue weighted by Gasteiger charge is -2.08. The number of aliphatic hydroxyl groups excluding tert-OH is 1. The van der Waals surface area contributed by atoms with Crippen LogP contribution in [0.25, 0.3) is 5.69 Å². The highest BCUT2D eigenvalue weighted by Crippen LogP contribution is 2.27. The van der Waals surface area contributed by atoms with E-state index >= 15 is 0 Å². The van der Waals surface area contributed by atoms with Crippen LogP contribution in [0.1, 0.15) is 11.3 Å². The van der Waals surface area contributed by atoms with Crippen LogP contribution in [0.2, 0.25) is 0 Å². The minimum Gasteiger partial charge on any atom is -0.497 e. The summed E-state index contributed by atoms with van der Waals surface area (Å²) >= 11 is 0. The van der Waals surface area contributed by atoms with Gasteiger partial charge < -0.3 is 14.6 Å². The van der Waals surface area contributed by atoms with Gasteiger partial charge in [-0.25, -0.2) is 4.68 Å². The van der Waals surface area contributed by atoms with Crippen molar-refractivity contribution in [2.45, 2.75) is 13.5 Å². The Hall–Kier alpha value is -2.01. The Morgan fingerprint density at radius 3 is 2.67 bits per heavy atom. The van der Waals surface area contributed by atoms with E-state index in [1.54, 1.807) is 18.9 Å². The third-order valence-electron chi connectivity index (χ3n) is 2.79. The molecule has 96 valence electrons. The molecule has 0 unspecified atom stereocenters. The van der Waals surface area contributed by atoms with Crippen molar-refractivity contribution >= 4 is 0 Å². The molecule has 0 saturated heterocycles. The molecule has 0 bridgehead atoms. The number of benzene rings is 1. The van der Waals surface area contributed by atoms with Gasteiger partial charge in [0.15, 0.2) is 0 Å². The van der Waals surface area contributed by atoms with Gasteiger partial charge in [0.2, 0.25) is 5.88 Å². The topological polar surface area (TPSA) is 56.5 Å². The van der Waals surface area contributed by atoms with E-state index in [1.165, 1.54) is 0 Å². The van der Waals surface area contributed by atoms with Crippen molar-refractivity contribution in [3.63, 3.8) is 0 Å². The zero-order valence-electron chi connectivity index (χ0n) is 10.7. The van der Waals surface area contributed by atoms with Crippen molar-refractivity contribution in [1.29, 1.82) is 0 Å². The molecular formula is C13H16N2O3. The van der Waals surface area contributed by atoms with E-state index in [0.717, 1.165) is 17.1 Å². The number of nitrogens with zero attached hydrogens (tertiary/aromatic N) is 2. The van der Waals surface area contributed by atoms with Crippen LogP contribution in [0.4, 0.5) is 0 Å². The van der Waals surface area contributed by atoms with Gasteiger partial charge >= 0.3 is 0 Å². The molecule has 0 atom stereocenters. The Balaban J connectivity index is 2.56. The summed E-state index contributed by atoms with van der Waals surface area (Å²) in [5, 5.41) is 13.7. The Bertz CT molecular complexity index is 549. The Morgan fingerprint density at radius 2 is 2.06 bits per heavy atom. The molecule has 0 spiro atoms. The Labute approximate surface area is 106 Å². The highest BCUT2D eigenvalue weighted by molar-refractivity contribution is 5.44. The molecule has 1 heterocycles. The molecular weight excluding hydrogens is 232 g/mol. The molecule has 2 aromatic rings.